The molecule has 0 saturated heterocycles. The van der Waals surface area contributed by atoms with Crippen molar-refractivity contribution < 1.29 is 0 Å². The van der Waals surface area contributed by atoms with Crippen LogP contribution in [0.1, 0.15) is 12.6 Å². The minimum atomic E-state index is 0. The SMILES string of the molecule is CC(N)=NCc1ccn[nH]1.I. The summed E-state index contributed by atoms with van der Waals surface area (Å²) in [7, 11) is 0. The number of amidine groups is 1. The van der Waals surface area contributed by atoms with Gasteiger partial charge in [0.2, 0.25) is 0 Å². The molecule has 1 rings (SSSR count). The minimum Gasteiger partial charge on any atom is -0.388 e. The maximum absolute atomic E-state index is 5.32. The molecule has 0 spiro atoms. The first-order chi connectivity index (χ1) is 4.79. The van der Waals surface area contributed by atoms with Crippen molar-refractivity contribution in [1.29, 1.82) is 0 Å². The molecule has 0 aromatic carbocycles. The Morgan fingerprint density at radius 1 is 1.82 bits per heavy atom. The van der Waals surface area contributed by atoms with Crippen LogP contribution in [-0.2, 0) is 6.54 Å². The Kier molecular flexibility index (Phi) is 4.84. The third kappa shape index (κ3) is 3.97. The van der Waals surface area contributed by atoms with Crippen molar-refractivity contribution in [3.05, 3.63) is 18.0 Å². The molecule has 0 amide bonds. The van der Waals surface area contributed by atoms with Gasteiger partial charge >= 0.3 is 0 Å². The van der Waals surface area contributed by atoms with Gasteiger partial charge in [0, 0.05) is 6.20 Å². The molecule has 0 aliphatic heterocycles. The smallest absolute Gasteiger partial charge is 0.0910 e. The van der Waals surface area contributed by atoms with Gasteiger partial charge in [0.25, 0.3) is 0 Å². The number of H-pyrrole nitrogens is 1. The van der Waals surface area contributed by atoms with Gasteiger partial charge in [-0.15, -0.1) is 24.0 Å². The predicted octanol–water partition coefficient (Wildman–Crippen LogP) is 0.905. The van der Waals surface area contributed by atoms with Gasteiger partial charge in [-0.25, -0.2) is 0 Å². The van der Waals surface area contributed by atoms with Crippen LogP contribution < -0.4 is 5.73 Å². The van der Waals surface area contributed by atoms with E-state index in [1.165, 1.54) is 0 Å². The first kappa shape index (κ1) is 10.4. The van der Waals surface area contributed by atoms with Gasteiger partial charge in [0.1, 0.15) is 0 Å². The summed E-state index contributed by atoms with van der Waals surface area (Å²) >= 11 is 0. The molecule has 0 aliphatic carbocycles. The molecule has 0 fully saturated rings. The summed E-state index contributed by atoms with van der Waals surface area (Å²) in [5.74, 6) is 0.592. The van der Waals surface area contributed by atoms with Crippen LogP contribution in [-0.4, -0.2) is 16.0 Å². The Hall–Kier alpha value is -0.590. The first-order valence-corrected chi connectivity index (χ1v) is 3.04. The number of rotatable bonds is 2. The molecule has 0 atom stereocenters. The van der Waals surface area contributed by atoms with Crippen LogP contribution in [0.5, 0.6) is 0 Å². The molecule has 1 aromatic heterocycles. The average molecular weight is 266 g/mol. The highest BCUT2D eigenvalue weighted by molar-refractivity contribution is 14.0. The summed E-state index contributed by atoms with van der Waals surface area (Å²) in [6.45, 7) is 2.35. The Morgan fingerprint density at radius 3 is 3.00 bits per heavy atom. The minimum absolute atomic E-state index is 0. The van der Waals surface area contributed by atoms with Gasteiger partial charge in [-0.3, -0.25) is 10.1 Å². The fraction of sp³-hybridized carbons (Fsp3) is 0.333. The van der Waals surface area contributed by atoms with Gasteiger partial charge in [0.05, 0.1) is 18.1 Å². The number of hydrogen-bond donors (Lipinski definition) is 2. The second-order valence-electron chi connectivity index (χ2n) is 2.04. The largest absolute Gasteiger partial charge is 0.388 e. The Labute approximate surface area is 82.3 Å². The van der Waals surface area contributed by atoms with Crippen molar-refractivity contribution in [2.24, 2.45) is 10.7 Å². The molecule has 0 saturated carbocycles. The highest BCUT2D eigenvalue weighted by Crippen LogP contribution is 1.92. The number of nitrogens with one attached hydrogen (secondary N) is 1. The van der Waals surface area contributed by atoms with E-state index < -0.39 is 0 Å². The molecule has 0 radical (unpaired) electrons. The van der Waals surface area contributed by atoms with E-state index in [1.807, 2.05) is 6.07 Å². The van der Waals surface area contributed by atoms with E-state index in [0.717, 1.165) is 5.69 Å². The number of nitrogens with two attached hydrogens (primary N) is 1. The zero-order chi connectivity index (χ0) is 7.40. The molecule has 0 bridgehead atoms. The van der Waals surface area contributed by atoms with Crippen LogP contribution in [0.25, 0.3) is 0 Å². The van der Waals surface area contributed by atoms with Crippen molar-refractivity contribution in [3.63, 3.8) is 0 Å². The fourth-order valence-electron chi connectivity index (χ4n) is 0.583. The number of aromatic nitrogens is 2. The van der Waals surface area contributed by atoms with E-state index >= 15 is 0 Å². The second kappa shape index (κ2) is 5.11. The highest BCUT2D eigenvalue weighted by Gasteiger charge is 1.88. The van der Waals surface area contributed by atoms with Crippen LogP contribution in [0.15, 0.2) is 17.3 Å². The number of aromatic amines is 1. The summed E-state index contributed by atoms with van der Waals surface area (Å²) in [6, 6.07) is 1.87. The molecule has 4 nitrogen and oxygen atoms in total. The topological polar surface area (TPSA) is 67.1 Å². The van der Waals surface area contributed by atoms with Crippen molar-refractivity contribution in [2.75, 3.05) is 0 Å². The number of aliphatic imine (C=N–C) groups is 1. The monoisotopic (exact) mass is 266 g/mol. The summed E-state index contributed by atoms with van der Waals surface area (Å²) in [5.41, 5.74) is 6.30. The van der Waals surface area contributed by atoms with Crippen molar-refractivity contribution in [2.45, 2.75) is 13.5 Å². The van der Waals surface area contributed by atoms with Crippen molar-refractivity contribution >= 4 is 29.8 Å². The normalized spacial score (nSPS) is 10.8. The van der Waals surface area contributed by atoms with E-state index in [1.54, 1.807) is 13.1 Å². The fourth-order valence-corrected chi connectivity index (χ4v) is 0.583. The lowest BCUT2D eigenvalue weighted by Gasteiger charge is -1.89. The molecule has 3 N–H and O–H groups in total. The van der Waals surface area contributed by atoms with Gasteiger partial charge in [-0.05, 0) is 13.0 Å². The average Bonchev–Trinajstić information content (AvgIpc) is 2.34. The molecule has 1 heterocycles. The van der Waals surface area contributed by atoms with E-state index in [2.05, 4.69) is 15.2 Å². The lowest BCUT2D eigenvalue weighted by Crippen LogP contribution is -2.05. The van der Waals surface area contributed by atoms with Crippen LogP contribution in [0.4, 0.5) is 0 Å². The molecular formula is C6H11IN4. The van der Waals surface area contributed by atoms with Crippen molar-refractivity contribution in [3.8, 4) is 0 Å². The van der Waals surface area contributed by atoms with E-state index in [9.17, 15) is 0 Å². The maximum Gasteiger partial charge on any atom is 0.0910 e. The number of hydrogen-bond acceptors (Lipinski definition) is 2. The lowest BCUT2D eigenvalue weighted by atomic mass is 10.4. The number of nitrogens with zero attached hydrogens (tertiary/aromatic N) is 2. The molecule has 1 aromatic rings. The van der Waals surface area contributed by atoms with Gasteiger partial charge < -0.3 is 5.73 Å². The van der Waals surface area contributed by atoms with E-state index in [0.29, 0.717) is 12.4 Å². The quantitative estimate of drug-likeness (QED) is 0.474. The Bertz CT molecular complexity index is 212. The summed E-state index contributed by atoms with van der Waals surface area (Å²) in [4.78, 5) is 3.99. The van der Waals surface area contributed by atoms with E-state index in [-0.39, 0.29) is 24.0 Å². The third-order valence-electron chi connectivity index (χ3n) is 1.06. The zero-order valence-electron chi connectivity index (χ0n) is 6.24. The third-order valence-corrected chi connectivity index (χ3v) is 1.06. The highest BCUT2D eigenvalue weighted by atomic mass is 127. The predicted molar refractivity (Wildman–Crippen MR) is 55.0 cm³/mol. The van der Waals surface area contributed by atoms with Crippen LogP contribution in [0, 0.1) is 0 Å². The van der Waals surface area contributed by atoms with Crippen LogP contribution in [0.3, 0.4) is 0 Å². The molecular weight excluding hydrogens is 255 g/mol. The Morgan fingerprint density at radius 2 is 2.55 bits per heavy atom. The summed E-state index contributed by atoms with van der Waals surface area (Å²) in [5, 5.41) is 6.54. The molecule has 0 unspecified atom stereocenters. The van der Waals surface area contributed by atoms with Gasteiger partial charge in [0.15, 0.2) is 0 Å². The molecule has 5 heteroatoms. The molecule has 62 valence electrons. The van der Waals surface area contributed by atoms with Crippen molar-refractivity contribution in [1.82, 2.24) is 10.2 Å². The van der Waals surface area contributed by atoms with Crippen LogP contribution >= 0.6 is 24.0 Å². The second-order valence-corrected chi connectivity index (χ2v) is 2.04. The number of halogens is 1. The summed E-state index contributed by atoms with van der Waals surface area (Å²) in [6.07, 6.45) is 1.69. The summed E-state index contributed by atoms with van der Waals surface area (Å²) < 4.78 is 0. The van der Waals surface area contributed by atoms with Gasteiger partial charge in [-0.1, -0.05) is 0 Å². The first-order valence-electron chi connectivity index (χ1n) is 3.04. The van der Waals surface area contributed by atoms with Gasteiger partial charge in [-0.2, -0.15) is 5.10 Å². The van der Waals surface area contributed by atoms with Crippen LogP contribution in [0.2, 0.25) is 0 Å². The standard InChI is InChI=1S/C6H10N4.HI/c1-5(7)8-4-6-2-3-9-10-6;/h2-3H,4H2,1H3,(H2,7,8)(H,9,10);1H. The van der Waals surface area contributed by atoms with E-state index in [4.69, 9.17) is 5.73 Å². The lowest BCUT2D eigenvalue weighted by molar-refractivity contribution is 0.944. The molecule has 11 heavy (non-hydrogen) atoms. The molecule has 0 aliphatic rings. The maximum atomic E-state index is 5.32. The Balaban J connectivity index is 0.000001000. The zero-order valence-corrected chi connectivity index (χ0v) is 8.57.